The molecule has 19 heavy (non-hydrogen) atoms. The Labute approximate surface area is 118 Å². The number of carboxylic acid groups (broad SMARTS) is 1. The molecule has 4 N–H and O–H groups in total. The van der Waals surface area contributed by atoms with Gasteiger partial charge in [-0.25, -0.2) is 0 Å². The van der Waals surface area contributed by atoms with Crippen LogP contribution in [-0.4, -0.2) is 16.2 Å². The van der Waals surface area contributed by atoms with Crippen molar-refractivity contribution in [3.05, 3.63) is 27.8 Å². The minimum atomic E-state index is -0.904. The van der Waals surface area contributed by atoms with Crippen LogP contribution in [0.4, 0.5) is 0 Å². The second-order valence-electron chi connectivity index (χ2n) is 5.03. The molecule has 0 amide bonds. The van der Waals surface area contributed by atoms with Crippen molar-refractivity contribution in [3.8, 4) is 5.75 Å². The lowest BCUT2D eigenvalue weighted by molar-refractivity contribution is -0.137. The zero-order valence-electron chi connectivity index (χ0n) is 11.4. The Morgan fingerprint density at radius 2 is 2.05 bits per heavy atom. The molecule has 0 saturated carbocycles. The second kappa shape index (κ2) is 6.26. The quantitative estimate of drug-likeness (QED) is 0.775. The number of nitrogens with two attached hydrogens (primary N) is 1. The monoisotopic (exact) mass is 285 g/mol. The molecule has 0 spiro atoms. The first-order chi connectivity index (χ1) is 8.75. The Kier molecular flexibility index (Phi) is 5.20. The summed E-state index contributed by atoms with van der Waals surface area (Å²) in [5.41, 5.74) is 8.00. The van der Waals surface area contributed by atoms with E-state index in [0.717, 1.165) is 5.56 Å². The van der Waals surface area contributed by atoms with Crippen LogP contribution >= 0.6 is 11.6 Å². The van der Waals surface area contributed by atoms with E-state index < -0.39 is 12.0 Å². The number of phenols is 1. The number of carboxylic acids is 1. The van der Waals surface area contributed by atoms with Crippen LogP contribution in [0.2, 0.25) is 5.02 Å². The smallest absolute Gasteiger partial charge is 0.303 e. The maximum atomic E-state index is 10.6. The van der Waals surface area contributed by atoms with Crippen molar-refractivity contribution >= 4 is 17.6 Å². The second-order valence-corrected chi connectivity index (χ2v) is 5.44. The van der Waals surface area contributed by atoms with Gasteiger partial charge in [0, 0.05) is 23.0 Å². The average molecular weight is 286 g/mol. The fourth-order valence-electron chi connectivity index (χ4n) is 2.09. The number of phenolic OH excluding ortho intramolecular Hbond substituents is 1. The summed E-state index contributed by atoms with van der Waals surface area (Å²) in [5.74, 6) is -0.656. The standard InChI is InChI=1S/C14H20ClNO3/c1-7(2)9-6-10(15)8(3)13(14(9)19)11(16)4-5-12(17)18/h6-7,11,19H,4-5,16H2,1-3H3,(H,17,18). The average Bonchev–Trinajstić information content (AvgIpc) is 2.31. The van der Waals surface area contributed by atoms with Gasteiger partial charge in [0.15, 0.2) is 0 Å². The van der Waals surface area contributed by atoms with Gasteiger partial charge in [-0.1, -0.05) is 25.4 Å². The van der Waals surface area contributed by atoms with Crippen molar-refractivity contribution in [3.63, 3.8) is 0 Å². The van der Waals surface area contributed by atoms with Crippen LogP contribution in [0.3, 0.4) is 0 Å². The van der Waals surface area contributed by atoms with E-state index in [1.54, 1.807) is 13.0 Å². The molecule has 0 aliphatic carbocycles. The molecule has 1 aromatic rings. The van der Waals surface area contributed by atoms with Gasteiger partial charge in [-0.2, -0.15) is 0 Å². The predicted molar refractivity (Wildman–Crippen MR) is 75.7 cm³/mol. The molecule has 0 saturated heterocycles. The van der Waals surface area contributed by atoms with Crippen molar-refractivity contribution < 1.29 is 15.0 Å². The molecule has 106 valence electrons. The van der Waals surface area contributed by atoms with E-state index in [9.17, 15) is 9.90 Å². The molecule has 0 fully saturated rings. The lowest BCUT2D eigenvalue weighted by Crippen LogP contribution is -2.15. The molecule has 4 nitrogen and oxygen atoms in total. The number of halogens is 1. The van der Waals surface area contributed by atoms with Gasteiger partial charge in [0.25, 0.3) is 0 Å². The number of benzene rings is 1. The third-order valence-electron chi connectivity index (χ3n) is 3.24. The van der Waals surface area contributed by atoms with Gasteiger partial charge in [0.05, 0.1) is 0 Å². The molecular formula is C14H20ClNO3. The molecule has 1 unspecified atom stereocenters. The van der Waals surface area contributed by atoms with Crippen LogP contribution in [-0.2, 0) is 4.79 Å². The van der Waals surface area contributed by atoms with E-state index in [2.05, 4.69) is 0 Å². The SMILES string of the molecule is Cc1c(Cl)cc(C(C)C)c(O)c1C(N)CCC(=O)O. The summed E-state index contributed by atoms with van der Waals surface area (Å²) in [6.07, 6.45) is 0.227. The van der Waals surface area contributed by atoms with Crippen LogP contribution < -0.4 is 5.73 Å². The molecule has 1 aromatic carbocycles. The predicted octanol–water partition coefficient (Wildman–Crippen LogP) is 3.34. The van der Waals surface area contributed by atoms with Gasteiger partial charge in [-0.15, -0.1) is 0 Å². The lowest BCUT2D eigenvalue weighted by Gasteiger charge is -2.20. The van der Waals surface area contributed by atoms with Crippen LogP contribution in [0.15, 0.2) is 6.07 Å². The van der Waals surface area contributed by atoms with E-state index >= 15 is 0 Å². The first-order valence-corrected chi connectivity index (χ1v) is 6.62. The Morgan fingerprint density at radius 3 is 2.53 bits per heavy atom. The molecular weight excluding hydrogens is 266 g/mol. The van der Waals surface area contributed by atoms with Crippen LogP contribution in [0, 0.1) is 6.92 Å². The largest absolute Gasteiger partial charge is 0.507 e. The van der Waals surface area contributed by atoms with Gasteiger partial charge < -0.3 is 15.9 Å². The summed E-state index contributed by atoms with van der Waals surface area (Å²) >= 11 is 6.16. The van der Waals surface area contributed by atoms with E-state index in [-0.39, 0.29) is 24.5 Å². The Morgan fingerprint density at radius 1 is 1.47 bits per heavy atom. The zero-order chi connectivity index (χ0) is 14.7. The third-order valence-corrected chi connectivity index (χ3v) is 3.63. The van der Waals surface area contributed by atoms with Gasteiger partial charge in [0.2, 0.25) is 0 Å². The molecule has 0 aromatic heterocycles. The van der Waals surface area contributed by atoms with E-state index in [1.165, 1.54) is 0 Å². The molecule has 0 aliphatic heterocycles. The van der Waals surface area contributed by atoms with Crippen molar-refractivity contribution in [2.45, 2.75) is 45.6 Å². The fraction of sp³-hybridized carbons (Fsp3) is 0.500. The summed E-state index contributed by atoms with van der Waals surface area (Å²) < 4.78 is 0. The number of hydrogen-bond donors (Lipinski definition) is 3. The Balaban J connectivity index is 3.21. The van der Waals surface area contributed by atoms with Gasteiger partial charge in [0.1, 0.15) is 5.75 Å². The van der Waals surface area contributed by atoms with Gasteiger partial charge in [-0.3, -0.25) is 4.79 Å². The third kappa shape index (κ3) is 3.61. The lowest BCUT2D eigenvalue weighted by atomic mass is 9.91. The summed E-state index contributed by atoms with van der Waals surface area (Å²) in [5, 5.41) is 19.6. The van der Waals surface area contributed by atoms with E-state index in [1.807, 2.05) is 13.8 Å². The molecule has 0 aliphatic rings. The molecule has 0 heterocycles. The highest BCUT2D eigenvalue weighted by Gasteiger charge is 2.21. The van der Waals surface area contributed by atoms with Crippen molar-refractivity contribution in [1.29, 1.82) is 0 Å². The van der Waals surface area contributed by atoms with Crippen molar-refractivity contribution in [1.82, 2.24) is 0 Å². The molecule has 0 radical (unpaired) electrons. The summed E-state index contributed by atoms with van der Waals surface area (Å²) in [6.45, 7) is 5.68. The number of aromatic hydroxyl groups is 1. The highest BCUT2D eigenvalue weighted by Crippen LogP contribution is 2.39. The first-order valence-electron chi connectivity index (χ1n) is 6.24. The first kappa shape index (κ1) is 15.8. The minimum absolute atomic E-state index is 0.0381. The minimum Gasteiger partial charge on any atom is -0.507 e. The molecule has 0 bridgehead atoms. The Bertz CT molecular complexity index is 486. The topological polar surface area (TPSA) is 83.5 Å². The van der Waals surface area contributed by atoms with Crippen molar-refractivity contribution in [2.24, 2.45) is 5.73 Å². The van der Waals surface area contributed by atoms with Gasteiger partial charge in [-0.05, 0) is 36.5 Å². The normalized spacial score (nSPS) is 12.7. The van der Waals surface area contributed by atoms with E-state index in [4.69, 9.17) is 22.4 Å². The van der Waals surface area contributed by atoms with Crippen LogP contribution in [0.1, 0.15) is 55.3 Å². The highest BCUT2D eigenvalue weighted by molar-refractivity contribution is 6.31. The number of aliphatic carboxylic acids is 1. The molecule has 1 rings (SSSR count). The summed E-state index contributed by atoms with van der Waals surface area (Å²) in [7, 11) is 0. The van der Waals surface area contributed by atoms with Crippen LogP contribution in [0.25, 0.3) is 0 Å². The maximum Gasteiger partial charge on any atom is 0.303 e. The molecule has 1 atom stereocenters. The van der Waals surface area contributed by atoms with E-state index in [0.29, 0.717) is 16.1 Å². The van der Waals surface area contributed by atoms with Gasteiger partial charge >= 0.3 is 5.97 Å². The highest BCUT2D eigenvalue weighted by atomic mass is 35.5. The molecule has 5 heteroatoms. The Hall–Kier alpha value is -1.26. The van der Waals surface area contributed by atoms with Crippen molar-refractivity contribution in [2.75, 3.05) is 0 Å². The summed E-state index contributed by atoms with van der Waals surface area (Å²) in [4.78, 5) is 10.6. The fourth-order valence-corrected chi connectivity index (χ4v) is 2.31. The van der Waals surface area contributed by atoms with Crippen LogP contribution in [0.5, 0.6) is 5.75 Å². The maximum absolute atomic E-state index is 10.6. The number of carbonyl (C=O) groups is 1. The number of hydrogen-bond acceptors (Lipinski definition) is 3. The zero-order valence-corrected chi connectivity index (χ0v) is 12.2. The summed E-state index contributed by atoms with van der Waals surface area (Å²) in [6, 6.07) is 1.21. The number of rotatable bonds is 5.